The first-order valence-electron chi connectivity index (χ1n) is 9.32. The van der Waals surface area contributed by atoms with Crippen LogP contribution >= 0.6 is 0 Å². The van der Waals surface area contributed by atoms with Gasteiger partial charge in [-0.1, -0.05) is 23.4 Å². The molecule has 2 heterocycles. The third kappa shape index (κ3) is 6.26. The van der Waals surface area contributed by atoms with E-state index in [4.69, 9.17) is 4.74 Å². The number of hydrogen-bond donors (Lipinski definition) is 2. The lowest BCUT2D eigenvalue weighted by atomic mass is 10.2. The number of nitrogens with one attached hydrogen (secondary N) is 2. The number of carbonyl (C=O) groups excluding carboxylic acids is 2. The highest BCUT2D eigenvalue weighted by Gasteiger charge is 2.10. The summed E-state index contributed by atoms with van der Waals surface area (Å²) in [7, 11) is 1.60. The normalized spacial score (nSPS) is 10.7. The van der Waals surface area contributed by atoms with E-state index in [1.54, 1.807) is 19.4 Å². The van der Waals surface area contributed by atoms with Crippen molar-refractivity contribution < 1.29 is 14.3 Å². The number of ether oxygens (including phenoxy) is 1. The number of amides is 2. The predicted molar refractivity (Wildman–Crippen MR) is 110 cm³/mol. The second-order valence-corrected chi connectivity index (χ2v) is 6.27. The van der Waals surface area contributed by atoms with Crippen molar-refractivity contribution in [3.8, 4) is 5.75 Å². The van der Waals surface area contributed by atoms with Gasteiger partial charge in [0, 0.05) is 18.8 Å². The fourth-order valence-electron chi connectivity index (χ4n) is 2.52. The smallest absolute Gasteiger partial charge is 0.273 e. The highest BCUT2D eigenvalue weighted by Crippen LogP contribution is 2.12. The van der Waals surface area contributed by atoms with Crippen molar-refractivity contribution in [1.82, 2.24) is 30.6 Å². The third-order valence-electron chi connectivity index (χ3n) is 4.11. The van der Waals surface area contributed by atoms with Gasteiger partial charge in [0.2, 0.25) is 5.91 Å². The van der Waals surface area contributed by atoms with Crippen LogP contribution in [0.25, 0.3) is 6.08 Å². The Hall–Kier alpha value is -4.01. The Morgan fingerprint density at radius 2 is 1.97 bits per heavy atom. The summed E-state index contributed by atoms with van der Waals surface area (Å²) >= 11 is 0. The van der Waals surface area contributed by atoms with E-state index in [1.165, 1.54) is 17.0 Å². The third-order valence-corrected chi connectivity index (χ3v) is 4.11. The minimum Gasteiger partial charge on any atom is -0.497 e. The summed E-state index contributed by atoms with van der Waals surface area (Å²) in [5.41, 5.74) is 1.85. The van der Waals surface area contributed by atoms with Crippen molar-refractivity contribution in [3.05, 3.63) is 77.9 Å². The monoisotopic (exact) mass is 406 g/mol. The Bertz CT molecular complexity index is 999. The molecule has 0 aliphatic rings. The van der Waals surface area contributed by atoms with E-state index in [0.29, 0.717) is 19.6 Å². The lowest BCUT2D eigenvalue weighted by Crippen LogP contribution is -2.25. The number of carbonyl (C=O) groups is 2. The molecule has 3 aromatic rings. The number of hydrogen-bond acceptors (Lipinski definition) is 6. The SMILES string of the molecule is COc1ccc(/C=C/C(=O)NCCn2cc(C(=O)NCc3ccccn3)nn2)cc1. The van der Waals surface area contributed by atoms with Gasteiger partial charge in [-0.3, -0.25) is 14.6 Å². The van der Waals surface area contributed by atoms with Crippen LogP contribution in [0.2, 0.25) is 0 Å². The van der Waals surface area contributed by atoms with Crippen LogP contribution in [0.1, 0.15) is 21.7 Å². The molecule has 154 valence electrons. The number of nitrogens with zero attached hydrogens (tertiary/aromatic N) is 4. The van der Waals surface area contributed by atoms with Crippen molar-refractivity contribution in [2.75, 3.05) is 13.7 Å². The fraction of sp³-hybridized carbons (Fsp3) is 0.190. The van der Waals surface area contributed by atoms with Crippen molar-refractivity contribution in [2.45, 2.75) is 13.1 Å². The van der Waals surface area contributed by atoms with Gasteiger partial charge in [0.1, 0.15) is 5.75 Å². The Balaban J connectivity index is 1.40. The highest BCUT2D eigenvalue weighted by atomic mass is 16.5. The average Bonchev–Trinajstić information content (AvgIpc) is 3.26. The maximum atomic E-state index is 12.1. The molecular weight excluding hydrogens is 384 g/mol. The Labute approximate surface area is 173 Å². The van der Waals surface area contributed by atoms with Crippen LogP contribution in [-0.4, -0.2) is 45.4 Å². The molecule has 2 aromatic heterocycles. The molecule has 0 unspecified atom stereocenters. The molecule has 0 radical (unpaired) electrons. The molecule has 0 aliphatic heterocycles. The molecule has 1 aromatic carbocycles. The fourth-order valence-corrected chi connectivity index (χ4v) is 2.52. The summed E-state index contributed by atoms with van der Waals surface area (Å²) in [5, 5.41) is 13.3. The van der Waals surface area contributed by atoms with Gasteiger partial charge in [-0.05, 0) is 35.9 Å². The molecule has 0 aliphatic carbocycles. The first-order chi connectivity index (χ1) is 14.6. The van der Waals surface area contributed by atoms with E-state index in [-0.39, 0.29) is 17.5 Å². The van der Waals surface area contributed by atoms with E-state index in [2.05, 4.69) is 25.9 Å². The van der Waals surface area contributed by atoms with Crippen molar-refractivity contribution in [3.63, 3.8) is 0 Å². The maximum Gasteiger partial charge on any atom is 0.273 e. The molecule has 0 saturated carbocycles. The summed E-state index contributed by atoms with van der Waals surface area (Å²) in [4.78, 5) is 28.2. The largest absolute Gasteiger partial charge is 0.497 e. The van der Waals surface area contributed by atoms with Gasteiger partial charge in [0.25, 0.3) is 5.91 Å². The first-order valence-corrected chi connectivity index (χ1v) is 9.32. The van der Waals surface area contributed by atoms with Gasteiger partial charge in [0.05, 0.1) is 32.1 Å². The topological polar surface area (TPSA) is 111 Å². The maximum absolute atomic E-state index is 12.1. The summed E-state index contributed by atoms with van der Waals surface area (Å²) in [6.07, 6.45) is 6.37. The molecule has 9 heteroatoms. The van der Waals surface area contributed by atoms with Gasteiger partial charge in [0.15, 0.2) is 5.69 Å². The summed E-state index contributed by atoms with van der Waals surface area (Å²) in [6, 6.07) is 12.9. The molecule has 2 amide bonds. The molecule has 0 bridgehead atoms. The second kappa shape index (κ2) is 10.5. The first kappa shape index (κ1) is 20.7. The summed E-state index contributed by atoms with van der Waals surface area (Å²) < 4.78 is 6.60. The minimum atomic E-state index is -0.335. The second-order valence-electron chi connectivity index (χ2n) is 6.27. The number of benzene rings is 1. The molecule has 0 spiro atoms. The van der Waals surface area contributed by atoms with Crippen LogP contribution < -0.4 is 15.4 Å². The zero-order valence-corrected chi connectivity index (χ0v) is 16.5. The number of aromatic nitrogens is 4. The van der Waals surface area contributed by atoms with Crippen LogP contribution in [0.15, 0.2) is 60.9 Å². The molecule has 0 fully saturated rings. The summed E-state index contributed by atoms with van der Waals surface area (Å²) in [6.45, 7) is 1.05. The van der Waals surface area contributed by atoms with Crippen LogP contribution in [0.3, 0.4) is 0 Å². The van der Waals surface area contributed by atoms with Crippen LogP contribution in [0, 0.1) is 0 Å². The van der Waals surface area contributed by atoms with E-state index in [9.17, 15) is 9.59 Å². The molecule has 0 saturated heterocycles. The lowest BCUT2D eigenvalue weighted by molar-refractivity contribution is -0.116. The van der Waals surface area contributed by atoms with Gasteiger partial charge >= 0.3 is 0 Å². The lowest BCUT2D eigenvalue weighted by Gasteiger charge is -2.02. The Morgan fingerprint density at radius 3 is 2.70 bits per heavy atom. The van der Waals surface area contributed by atoms with Crippen LogP contribution in [0.5, 0.6) is 5.75 Å². The number of pyridine rings is 1. The van der Waals surface area contributed by atoms with Crippen LogP contribution in [0.4, 0.5) is 0 Å². The highest BCUT2D eigenvalue weighted by molar-refractivity contribution is 5.92. The van der Waals surface area contributed by atoms with Gasteiger partial charge in [-0.25, -0.2) is 4.68 Å². The number of rotatable bonds is 9. The van der Waals surface area contributed by atoms with Crippen molar-refractivity contribution in [2.24, 2.45) is 0 Å². The minimum absolute atomic E-state index is 0.205. The molecule has 2 N–H and O–H groups in total. The van der Waals surface area contributed by atoms with E-state index < -0.39 is 0 Å². The Kier molecular flexibility index (Phi) is 7.26. The van der Waals surface area contributed by atoms with E-state index in [1.807, 2.05) is 42.5 Å². The average molecular weight is 406 g/mol. The van der Waals surface area contributed by atoms with E-state index in [0.717, 1.165) is 17.0 Å². The van der Waals surface area contributed by atoms with Gasteiger partial charge in [-0.2, -0.15) is 0 Å². The van der Waals surface area contributed by atoms with Crippen molar-refractivity contribution >= 4 is 17.9 Å². The van der Waals surface area contributed by atoms with Crippen molar-refractivity contribution in [1.29, 1.82) is 0 Å². The zero-order valence-electron chi connectivity index (χ0n) is 16.5. The molecule has 0 atom stereocenters. The number of methoxy groups -OCH3 is 1. The molecule has 3 rings (SSSR count). The molecular formula is C21H22N6O3. The van der Waals surface area contributed by atoms with E-state index >= 15 is 0 Å². The van der Waals surface area contributed by atoms with Gasteiger partial charge < -0.3 is 15.4 Å². The van der Waals surface area contributed by atoms with Gasteiger partial charge in [-0.15, -0.1) is 5.10 Å². The molecule has 9 nitrogen and oxygen atoms in total. The standard InChI is InChI=1S/C21H22N6O3/c1-30-18-8-5-16(6-9-18)7-10-20(28)23-12-13-27-15-19(25-26-27)21(29)24-14-17-4-2-3-11-22-17/h2-11,15H,12-14H2,1H3,(H,23,28)(H,24,29)/b10-7+. The predicted octanol–water partition coefficient (Wildman–Crippen LogP) is 1.44. The van der Waals surface area contributed by atoms with Crippen LogP contribution in [-0.2, 0) is 17.9 Å². The summed E-state index contributed by atoms with van der Waals surface area (Å²) in [5.74, 6) is 0.201. The molecule has 30 heavy (non-hydrogen) atoms. The Morgan fingerprint density at radius 1 is 1.13 bits per heavy atom. The zero-order chi connectivity index (χ0) is 21.2. The quantitative estimate of drug-likeness (QED) is 0.520.